The fourth-order valence-corrected chi connectivity index (χ4v) is 4.28. The summed E-state index contributed by atoms with van der Waals surface area (Å²) in [5, 5.41) is 9.88. The van der Waals surface area contributed by atoms with Crippen molar-refractivity contribution in [2.24, 2.45) is 0 Å². The van der Waals surface area contributed by atoms with Gasteiger partial charge in [0.1, 0.15) is 6.04 Å². The SMILES string of the molecule is O=C(CNC(C(=O)Nc1ccccc1)c1ccccc1)Nc1cccc(CSc2ccccn2)c1. The van der Waals surface area contributed by atoms with Gasteiger partial charge in [-0.2, -0.15) is 0 Å². The van der Waals surface area contributed by atoms with Crippen molar-refractivity contribution in [2.45, 2.75) is 16.8 Å². The highest BCUT2D eigenvalue weighted by atomic mass is 32.2. The molecular weight excluding hydrogens is 456 g/mol. The van der Waals surface area contributed by atoms with Gasteiger partial charge in [0.25, 0.3) is 0 Å². The number of carbonyl (C=O) groups is 2. The van der Waals surface area contributed by atoms with E-state index in [0.717, 1.165) is 21.9 Å². The van der Waals surface area contributed by atoms with E-state index in [9.17, 15) is 9.59 Å². The molecule has 6 nitrogen and oxygen atoms in total. The number of aromatic nitrogens is 1. The topological polar surface area (TPSA) is 83.1 Å². The van der Waals surface area contributed by atoms with Crippen molar-refractivity contribution in [2.75, 3.05) is 17.2 Å². The lowest BCUT2D eigenvalue weighted by molar-refractivity contribution is -0.119. The molecule has 0 aliphatic heterocycles. The summed E-state index contributed by atoms with van der Waals surface area (Å²) in [4.78, 5) is 30.0. The molecule has 176 valence electrons. The minimum absolute atomic E-state index is 0.0192. The van der Waals surface area contributed by atoms with E-state index in [-0.39, 0.29) is 18.4 Å². The summed E-state index contributed by atoms with van der Waals surface area (Å²) in [5.41, 5.74) is 3.27. The van der Waals surface area contributed by atoms with Gasteiger partial charge in [-0.05, 0) is 47.5 Å². The van der Waals surface area contributed by atoms with E-state index in [4.69, 9.17) is 0 Å². The van der Waals surface area contributed by atoms with Gasteiger partial charge in [0, 0.05) is 23.3 Å². The number of carbonyl (C=O) groups excluding carboxylic acids is 2. The summed E-state index contributed by atoms with van der Waals surface area (Å²) in [6.45, 7) is -0.0192. The number of benzene rings is 3. The second kappa shape index (κ2) is 12.5. The predicted octanol–water partition coefficient (Wildman–Crippen LogP) is 5.28. The average molecular weight is 483 g/mol. The average Bonchev–Trinajstić information content (AvgIpc) is 2.90. The first kappa shape index (κ1) is 24.2. The van der Waals surface area contributed by atoms with E-state index in [1.165, 1.54) is 0 Å². The summed E-state index contributed by atoms with van der Waals surface area (Å²) in [6, 6.07) is 31.5. The first-order valence-electron chi connectivity index (χ1n) is 11.2. The first-order chi connectivity index (χ1) is 17.2. The van der Waals surface area contributed by atoms with Crippen LogP contribution in [-0.4, -0.2) is 23.3 Å². The monoisotopic (exact) mass is 482 g/mol. The smallest absolute Gasteiger partial charge is 0.246 e. The molecule has 2 amide bonds. The van der Waals surface area contributed by atoms with Crippen molar-refractivity contribution in [1.82, 2.24) is 10.3 Å². The van der Waals surface area contributed by atoms with Gasteiger partial charge >= 0.3 is 0 Å². The lowest BCUT2D eigenvalue weighted by Gasteiger charge is -2.19. The van der Waals surface area contributed by atoms with E-state index < -0.39 is 6.04 Å². The maximum absolute atomic E-state index is 13.0. The summed E-state index contributed by atoms with van der Waals surface area (Å²) >= 11 is 1.64. The Labute approximate surface area is 209 Å². The van der Waals surface area contributed by atoms with Crippen LogP contribution in [0.3, 0.4) is 0 Å². The Morgan fingerprint density at radius 2 is 1.49 bits per heavy atom. The Hall–Kier alpha value is -3.94. The molecule has 1 unspecified atom stereocenters. The normalized spacial score (nSPS) is 11.4. The number of rotatable bonds is 10. The van der Waals surface area contributed by atoms with E-state index in [0.29, 0.717) is 11.4 Å². The maximum atomic E-state index is 13.0. The Morgan fingerprint density at radius 3 is 2.23 bits per heavy atom. The van der Waals surface area contributed by atoms with Crippen LogP contribution in [-0.2, 0) is 15.3 Å². The van der Waals surface area contributed by atoms with Crippen LogP contribution in [0.25, 0.3) is 0 Å². The third-order valence-electron chi connectivity index (χ3n) is 5.14. The van der Waals surface area contributed by atoms with Gasteiger partial charge in [-0.15, -0.1) is 11.8 Å². The standard InChI is InChI=1S/C28H26N4O2S/c33-25(31-24-15-9-10-21(18-24)20-35-26-16-7-8-17-29-26)19-30-27(22-11-3-1-4-12-22)28(34)32-23-13-5-2-6-14-23/h1-18,27,30H,19-20H2,(H,31,33)(H,32,34). The number of nitrogens with one attached hydrogen (secondary N) is 3. The molecule has 0 aliphatic rings. The fourth-order valence-electron chi connectivity index (χ4n) is 3.47. The van der Waals surface area contributed by atoms with Crippen molar-refractivity contribution < 1.29 is 9.59 Å². The van der Waals surface area contributed by atoms with E-state index in [2.05, 4.69) is 20.9 Å². The number of hydrogen-bond acceptors (Lipinski definition) is 5. The highest BCUT2D eigenvalue weighted by Crippen LogP contribution is 2.22. The predicted molar refractivity (Wildman–Crippen MR) is 141 cm³/mol. The van der Waals surface area contributed by atoms with E-state index >= 15 is 0 Å². The molecule has 0 bridgehead atoms. The Bertz CT molecular complexity index is 1240. The Kier molecular flexibility index (Phi) is 8.64. The molecule has 0 fully saturated rings. The van der Waals surface area contributed by atoms with Crippen molar-refractivity contribution in [3.8, 4) is 0 Å². The molecule has 1 heterocycles. The van der Waals surface area contributed by atoms with Crippen molar-refractivity contribution >= 4 is 35.0 Å². The third kappa shape index (κ3) is 7.53. The number of pyridine rings is 1. The number of amides is 2. The van der Waals surface area contributed by atoms with E-state index in [1.54, 1.807) is 18.0 Å². The number of thioether (sulfide) groups is 1. The summed E-state index contributed by atoms with van der Waals surface area (Å²) in [5.74, 6) is 0.283. The molecule has 1 aromatic heterocycles. The molecule has 0 spiro atoms. The molecule has 0 radical (unpaired) electrons. The number of para-hydroxylation sites is 1. The highest BCUT2D eigenvalue weighted by molar-refractivity contribution is 7.98. The fraction of sp³-hybridized carbons (Fsp3) is 0.107. The van der Waals surface area contributed by atoms with Gasteiger partial charge in [-0.1, -0.05) is 66.7 Å². The summed E-state index contributed by atoms with van der Waals surface area (Å²) in [6.07, 6.45) is 1.77. The Balaban J connectivity index is 1.35. The van der Waals surface area contributed by atoms with Gasteiger partial charge in [-0.25, -0.2) is 4.98 Å². The largest absolute Gasteiger partial charge is 0.325 e. The molecule has 7 heteroatoms. The molecule has 35 heavy (non-hydrogen) atoms. The van der Waals surface area contributed by atoms with Gasteiger partial charge < -0.3 is 10.6 Å². The van der Waals surface area contributed by atoms with Gasteiger partial charge in [0.05, 0.1) is 11.6 Å². The van der Waals surface area contributed by atoms with Crippen LogP contribution in [0.1, 0.15) is 17.2 Å². The van der Waals surface area contributed by atoms with Crippen LogP contribution in [0.4, 0.5) is 11.4 Å². The van der Waals surface area contributed by atoms with Crippen LogP contribution < -0.4 is 16.0 Å². The third-order valence-corrected chi connectivity index (χ3v) is 6.15. The van der Waals surface area contributed by atoms with Crippen LogP contribution in [0, 0.1) is 0 Å². The lowest BCUT2D eigenvalue weighted by atomic mass is 10.1. The summed E-state index contributed by atoms with van der Waals surface area (Å²) < 4.78 is 0. The quantitative estimate of drug-likeness (QED) is 0.268. The van der Waals surface area contributed by atoms with Gasteiger partial charge in [-0.3, -0.25) is 14.9 Å². The molecule has 0 saturated heterocycles. The van der Waals surface area contributed by atoms with Gasteiger partial charge in [0.2, 0.25) is 11.8 Å². The second-order valence-corrected chi connectivity index (χ2v) is 8.78. The minimum atomic E-state index is -0.678. The van der Waals surface area contributed by atoms with Crippen LogP contribution in [0.5, 0.6) is 0 Å². The molecule has 0 saturated carbocycles. The number of hydrogen-bond donors (Lipinski definition) is 3. The van der Waals surface area contributed by atoms with Crippen molar-refractivity contribution in [3.05, 3.63) is 120 Å². The maximum Gasteiger partial charge on any atom is 0.246 e. The lowest BCUT2D eigenvalue weighted by Crippen LogP contribution is -2.37. The van der Waals surface area contributed by atoms with Crippen molar-refractivity contribution in [1.29, 1.82) is 0 Å². The van der Waals surface area contributed by atoms with Crippen LogP contribution in [0.2, 0.25) is 0 Å². The molecule has 3 N–H and O–H groups in total. The molecule has 1 atom stereocenters. The van der Waals surface area contributed by atoms with E-state index in [1.807, 2.05) is 103 Å². The molecule has 0 aliphatic carbocycles. The zero-order chi connectivity index (χ0) is 24.3. The minimum Gasteiger partial charge on any atom is -0.325 e. The highest BCUT2D eigenvalue weighted by Gasteiger charge is 2.21. The van der Waals surface area contributed by atoms with Crippen molar-refractivity contribution in [3.63, 3.8) is 0 Å². The zero-order valence-corrected chi connectivity index (χ0v) is 19.9. The Morgan fingerprint density at radius 1 is 0.771 bits per heavy atom. The first-order valence-corrected chi connectivity index (χ1v) is 12.2. The van der Waals surface area contributed by atoms with Crippen LogP contribution in [0.15, 0.2) is 114 Å². The second-order valence-electron chi connectivity index (χ2n) is 7.79. The number of anilines is 2. The van der Waals surface area contributed by atoms with Crippen LogP contribution >= 0.6 is 11.8 Å². The molecule has 4 aromatic rings. The number of nitrogens with zero attached hydrogens (tertiary/aromatic N) is 1. The van der Waals surface area contributed by atoms with Gasteiger partial charge in [0.15, 0.2) is 0 Å². The molecule has 4 rings (SSSR count). The summed E-state index contributed by atoms with van der Waals surface area (Å²) in [7, 11) is 0. The zero-order valence-electron chi connectivity index (χ0n) is 19.1. The molecule has 3 aromatic carbocycles. The molecular formula is C28H26N4O2S.